The Hall–Kier alpha value is -2.39. The molecule has 0 amide bonds. The fourth-order valence-electron chi connectivity index (χ4n) is 2.59. The first-order chi connectivity index (χ1) is 10.3. The Bertz CT molecular complexity index is 750. The first-order valence-electron chi connectivity index (χ1n) is 6.93. The molecule has 1 unspecified atom stereocenters. The van der Waals surface area contributed by atoms with Gasteiger partial charge in [0.2, 0.25) is 0 Å². The maximum absolute atomic E-state index is 10.6. The van der Waals surface area contributed by atoms with Crippen molar-refractivity contribution in [3.63, 3.8) is 0 Å². The molecule has 0 aliphatic rings. The molecule has 0 aliphatic carbocycles. The van der Waals surface area contributed by atoms with E-state index in [0.29, 0.717) is 12.1 Å². The fraction of sp³-hybridized carbons (Fsp3) is 0.167. The third-order valence-corrected chi connectivity index (χ3v) is 3.63. The average Bonchev–Trinajstić information content (AvgIpc) is 2.54. The lowest BCUT2D eigenvalue weighted by molar-refractivity contribution is 0.174. The second kappa shape index (κ2) is 5.94. The van der Waals surface area contributed by atoms with Crippen LogP contribution in [0.1, 0.15) is 17.4 Å². The highest BCUT2D eigenvalue weighted by Gasteiger charge is 2.15. The molecule has 0 saturated carbocycles. The average molecular weight is 279 g/mol. The van der Waals surface area contributed by atoms with E-state index < -0.39 is 6.10 Å². The molecule has 0 spiro atoms. The number of aromatic nitrogens is 1. The lowest BCUT2D eigenvalue weighted by atomic mass is 10.0. The molecule has 1 N–H and O–H groups in total. The Labute approximate surface area is 123 Å². The van der Waals surface area contributed by atoms with Gasteiger partial charge in [-0.25, -0.2) is 0 Å². The van der Waals surface area contributed by atoms with Gasteiger partial charge < -0.3 is 9.84 Å². The highest BCUT2D eigenvalue weighted by molar-refractivity contribution is 5.84. The predicted octanol–water partition coefficient (Wildman–Crippen LogP) is 3.52. The molecule has 3 nitrogen and oxygen atoms in total. The van der Waals surface area contributed by atoms with E-state index in [1.165, 1.54) is 0 Å². The van der Waals surface area contributed by atoms with Crippen LogP contribution in [0.15, 0.2) is 60.8 Å². The van der Waals surface area contributed by atoms with Crippen LogP contribution < -0.4 is 4.74 Å². The summed E-state index contributed by atoms with van der Waals surface area (Å²) >= 11 is 0. The van der Waals surface area contributed by atoms with Crippen molar-refractivity contribution >= 4 is 10.8 Å². The number of methoxy groups -OCH3 is 1. The van der Waals surface area contributed by atoms with Gasteiger partial charge in [-0.3, -0.25) is 4.98 Å². The molecule has 0 saturated heterocycles. The number of fused-ring (bicyclic) bond motifs is 1. The Kier molecular flexibility index (Phi) is 3.84. The zero-order valence-corrected chi connectivity index (χ0v) is 11.9. The highest BCUT2D eigenvalue weighted by Crippen LogP contribution is 2.27. The number of pyridine rings is 1. The predicted molar refractivity (Wildman–Crippen MR) is 83.4 cm³/mol. The van der Waals surface area contributed by atoms with Gasteiger partial charge >= 0.3 is 0 Å². The fourth-order valence-corrected chi connectivity index (χ4v) is 2.59. The number of rotatable bonds is 4. The Morgan fingerprint density at radius 2 is 1.81 bits per heavy atom. The van der Waals surface area contributed by atoms with E-state index in [4.69, 9.17) is 4.74 Å². The Morgan fingerprint density at radius 3 is 2.67 bits per heavy atom. The molecule has 3 heteroatoms. The molecule has 1 aromatic heterocycles. The lowest BCUT2D eigenvalue weighted by Gasteiger charge is -2.14. The molecule has 0 aliphatic heterocycles. The van der Waals surface area contributed by atoms with Crippen LogP contribution in [-0.4, -0.2) is 17.2 Å². The quantitative estimate of drug-likeness (QED) is 0.794. The molecule has 1 heterocycles. The van der Waals surface area contributed by atoms with Gasteiger partial charge in [0.25, 0.3) is 0 Å². The number of hydrogen-bond donors (Lipinski definition) is 1. The topological polar surface area (TPSA) is 42.4 Å². The first-order valence-corrected chi connectivity index (χ1v) is 6.93. The number of para-hydroxylation sites is 1. The van der Waals surface area contributed by atoms with Crippen molar-refractivity contribution in [2.75, 3.05) is 7.11 Å². The summed E-state index contributed by atoms with van der Waals surface area (Å²) in [6, 6.07) is 17.6. The van der Waals surface area contributed by atoms with Crippen molar-refractivity contribution in [1.29, 1.82) is 0 Å². The molecule has 3 rings (SSSR count). The van der Waals surface area contributed by atoms with Crippen LogP contribution in [0.2, 0.25) is 0 Å². The second-order valence-corrected chi connectivity index (χ2v) is 4.95. The maximum atomic E-state index is 10.6. The van der Waals surface area contributed by atoms with Gasteiger partial charge in [0.1, 0.15) is 11.9 Å². The van der Waals surface area contributed by atoms with Gasteiger partial charge in [-0.05, 0) is 23.1 Å². The van der Waals surface area contributed by atoms with Crippen LogP contribution in [0, 0.1) is 0 Å². The summed E-state index contributed by atoms with van der Waals surface area (Å²) in [6.45, 7) is 0. The number of benzene rings is 2. The molecule has 0 bridgehead atoms. The molecule has 21 heavy (non-hydrogen) atoms. The smallest absolute Gasteiger partial charge is 0.122 e. The van der Waals surface area contributed by atoms with E-state index in [1.54, 1.807) is 13.3 Å². The third kappa shape index (κ3) is 2.73. The summed E-state index contributed by atoms with van der Waals surface area (Å²) in [6.07, 6.45) is 1.56. The van der Waals surface area contributed by atoms with Gasteiger partial charge in [-0.2, -0.15) is 0 Å². The Balaban J connectivity index is 1.96. The van der Waals surface area contributed by atoms with E-state index in [1.807, 2.05) is 54.6 Å². The maximum Gasteiger partial charge on any atom is 0.122 e. The normalized spacial score (nSPS) is 12.3. The molecule has 2 aromatic carbocycles. The first kappa shape index (κ1) is 13.6. The van der Waals surface area contributed by atoms with Gasteiger partial charge in [0, 0.05) is 18.0 Å². The van der Waals surface area contributed by atoms with Gasteiger partial charge in [0.05, 0.1) is 12.8 Å². The van der Waals surface area contributed by atoms with Crippen LogP contribution >= 0.6 is 0 Å². The highest BCUT2D eigenvalue weighted by atomic mass is 16.5. The minimum Gasteiger partial charge on any atom is -0.496 e. The molecule has 1 atom stereocenters. The van der Waals surface area contributed by atoms with Gasteiger partial charge in [-0.1, -0.05) is 42.5 Å². The van der Waals surface area contributed by atoms with Crippen LogP contribution in [0.3, 0.4) is 0 Å². The van der Waals surface area contributed by atoms with E-state index >= 15 is 0 Å². The molecule has 106 valence electrons. The summed E-state index contributed by atoms with van der Waals surface area (Å²) < 4.78 is 5.34. The van der Waals surface area contributed by atoms with Crippen LogP contribution in [0.5, 0.6) is 5.75 Å². The minimum atomic E-state index is -0.660. The number of aliphatic hydroxyl groups excluding tert-OH is 1. The minimum absolute atomic E-state index is 0.477. The molecular formula is C18H17NO2. The van der Waals surface area contributed by atoms with Crippen molar-refractivity contribution < 1.29 is 9.84 Å². The van der Waals surface area contributed by atoms with Crippen LogP contribution in [0.4, 0.5) is 0 Å². The van der Waals surface area contributed by atoms with E-state index in [-0.39, 0.29) is 0 Å². The lowest BCUT2D eigenvalue weighted by Crippen LogP contribution is -2.06. The summed E-state index contributed by atoms with van der Waals surface area (Å²) in [5.41, 5.74) is 1.68. The zero-order valence-electron chi connectivity index (χ0n) is 11.9. The van der Waals surface area contributed by atoms with Crippen LogP contribution in [-0.2, 0) is 6.42 Å². The number of ether oxygens (including phenoxy) is 1. The largest absolute Gasteiger partial charge is 0.496 e. The zero-order chi connectivity index (χ0) is 14.7. The van der Waals surface area contributed by atoms with Crippen molar-refractivity contribution in [2.45, 2.75) is 12.5 Å². The van der Waals surface area contributed by atoms with Crippen molar-refractivity contribution in [1.82, 2.24) is 4.98 Å². The number of aliphatic hydroxyl groups is 1. The van der Waals surface area contributed by atoms with E-state index in [9.17, 15) is 5.11 Å². The van der Waals surface area contributed by atoms with Crippen molar-refractivity contribution in [2.24, 2.45) is 0 Å². The van der Waals surface area contributed by atoms with Gasteiger partial charge in [-0.15, -0.1) is 0 Å². The summed E-state index contributed by atoms with van der Waals surface area (Å²) in [4.78, 5) is 4.37. The van der Waals surface area contributed by atoms with Gasteiger partial charge in [0.15, 0.2) is 0 Å². The van der Waals surface area contributed by atoms with Crippen molar-refractivity contribution in [3.05, 3.63) is 72.1 Å². The van der Waals surface area contributed by atoms with E-state index in [0.717, 1.165) is 22.1 Å². The summed E-state index contributed by atoms with van der Waals surface area (Å²) in [7, 11) is 1.64. The van der Waals surface area contributed by atoms with Crippen LogP contribution in [0.25, 0.3) is 10.8 Å². The summed E-state index contributed by atoms with van der Waals surface area (Å²) in [5.74, 6) is 0.789. The SMILES string of the molecule is COc1ccccc1CC(O)c1nccc2ccccc12. The molecule has 3 aromatic rings. The molecular weight excluding hydrogens is 262 g/mol. The monoisotopic (exact) mass is 279 g/mol. The summed E-state index contributed by atoms with van der Waals surface area (Å²) in [5, 5.41) is 12.6. The molecule has 0 fully saturated rings. The van der Waals surface area contributed by atoms with Crippen molar-refractivity contribution in [3.8, 4) is 5.75 Å². The molecule has 0 radical (unpaired) electrons. The Morgan fingerprint density at radius 1 is 1.05 bits per heavy atom. The number of hydrogen-bond acceptors (Lipinski definition) is 3. The third-order valence-electron chi connectivity index (χ3n) is 3.63. The number of nitrogens with zero attached hydrogens (tertiary/aromatic N) is 1. The van der Waals surface area contributed by atoms with E-state index in [2.05, 4.69) is 4.98 Å². The second-order valence-electron chi connectivity index (χ2n) is 4.95. The standard InChI is InChI=1S/C18H17NO2/c1-21-17-9-5-3-7-14(17)12-16(20)18-15-8-4-2-6-13(15)10-11-19-18/h2-11,16,20H,12H2,1H3.